The summed E-state index contributed by atoms with van der Waals surface area (Å²) in [5.41, 5.74) is -0.190. The van der Waals surface area contributed by atoms with Crippen LogP contribution in [0.2, 0.25) is 0 Å². The Hall–Kier alpha value is -12.2. The van der Waals surface area contributed by atoms with Crippen LogP contribution in [0.3, 0.4) is 0 Å². The molecule has 0 unspecified atom stereocenters. The topological polar surface area (TPSA) is 222 Å². The molecule has 0 saturated carbocycles. The van der Waals surface area contributed by atoms with E-state index in [0.717, 1.165) is 147 Å². The lowest BCUT2D eigenvalue weighted by Crippen LogP contribution is -2.35. The van der Waals surface area contributed by atoms with Crippen molar-refractivity contribution >= 4 is 29.8 Å². The summed E-state index contributed by atoms with van der Waals surface area (Å²) in [6.45, 7) is 8.49. The molecule has 0 aromatic heterocycles. The lowest BCUT2D eigenvalue weighted by atomic mass is 9.93. The summed E-state index contributed by atoms with van der Waals surface area (Å²) in [4.78, 5) is 69.7. The molecule has 0 aliphatic carbocycles. The smallest absolute Gasteiger partial charge is 0.338 e. The molecule has 4 rings (SSSR count). The number of allylic oxidation sites excluding steroid dienone is 48. The van der Waals surface area contributed by atoms with Crippen LogP contribution in [0.5, 0.6) is 51.7 Å². The maximum atomic E-state index is 14.9. The van der Waals surface area contributed by atoms with Crippen molar-refractivity contribution in [2.24, 2.45) is 0 Å². The third-order valence-corrected chi connectivity index (χ3v) is 18.4. The normalized spacial score (nSPS) is 14.7. The third kappa shape index (κ3) is 52.8. The minimum absolute atomic E-state index is 0.0289. The van der Waals surface area contributed by atoms with E-state index in [1.807, 2.05) is 72.9 Å². The highest BCUT2D eigenvalue weighted by atomic mass is 16.6. The van der Waals surface area contributed by atoms with Crippen molar-refractivity contribution in [1.82, 2.24) is 0 Å². The second-order valence-corrected chi connectivity index (χ2v) is 29.0. The van der Waals surface area contributed by atoms with Gasteiger partial charge in [0.2, 0.25) is 11.5 Å². The fourth-order valence-electron chi connectivity index (χ4n) is 11.9. The summed E-state index contributed by atoms with van der Waals surface area (Å²) in [6.07, 6.45) is 118. The van der Waals surface area contributed by atoms with Gasteiger partial charge in [-0.25, -0.2) is 4.79 Å². The number of phenolic OH excluding ortho intramolecular Hbond substituents is 4. The third-order valence-electron chi connectivity index (χ3n) is 18.4. The van der Waals surface area contributed by atoms with Gasteiger partial charge < -0.3 is 48.8 Å². The van der Waals surface area contributed by atoms with Crippen molar-refractivity contribution in [3.05, 3.63) is 345 Å². The molecular weight excluding hydrogens is 1560 g/mol. The molecular formula is C110H138O15. The number of hydrogen-bond acceptors (Lipinski definition) is 15. The maximum absolute atomic E-state index is 14.9. The first-order chi connectivity index (χ1) is 61.3. The second-order valence-electron chi connectivity index (χ2n) is 29.0. The average Bonchev–Trinajstić information content (AvgIpc) is 0.766. The predicted octanol–water partition coefficient (Wildman–Crippen LogP) is 28.9. The highest BCUT2D eigenvalue weighted by Gasteiger charge is 2.38. The highest BCUT2D eigenvalue weighted by molar-refractivity contribution is 5.92. The molecule has 0 fully saturated rings. The van der Waals surface area contributed by atoms with E-state index in [-0.39, 0.29) is 86.0 Å². The zero-order chi connectivity index (χ0) is 89.7. The number of rotatable bonds is 63. The van der Waals surface area contributed by atoms with Crippen LogP contribution in [-0.2, 0) is 30.3 Å². The van der Waals surface area contributed by atoms with Crippen LogP contribution in [0.25, 0.3) is 0 Å². The Kier molecular flexibility index (Phi) is 60.8. The number of phenols is 4. The fourth-order valence-corrected chi connectivity index (χ4v) is 11.9. The first kappa shape index (κ1) is 105. The largest absolute Gasteiger partial charge is 0.508 e. The summed E-state index contributed by atoms with van der Waals surface area (Å²) >= 11 is 0. The van der Waals surface area contributed by atoms with Crippen LogP contribution in [0.4, 0.5) is 0 Å². The number of carbonyl (C=O) groups excluding carboxylic acids is 5. The molecule has 1 heterocycles. The number of ether oxygens (including phenoxy) is 6. The Morgan fingerprint density at radius 3 is 0.744 bits per heavy atom. The summed E-state index contributed by atoms with van der Waals surface area (Å²) in [5, 5.41) is 45.6. The molecule has 3 aromatic carbocycles. The van der Waals surface area contributed by atoms with Crippen molar-refractivity contribution < 1.29 is 72.8 Å². The summed E-state index contributed by atoms with van der Waals surface area (Å²) in [6, 6.07) is 7.02. The van der Waals surface area contributed by atoms with Crippen LogP contribution >= 0.6 is 0 Å². The van der Waals surface area contributed by atoms with Crippen molar-refractivity contribution in [3.8, 4) is 51.7 Å². The number of hydrogen-bond donors (Lipinski definition) is 4. The van der Waals surface area contributed by atoms with Gasteiger partial charge in [0.25, 0.3) is 0 Å². The molecule has 125 heavy (non-hydrogen) atoms. The minimum atomic E-state index is -1.43. The monoisotopic (exact) mass is 1700 g/mol. The Morgan fingerprint density at radius 1 is 0.296 bits per heavy atom. The molecule has 1 aliphatic rings. The van der Waals surface area contributed by atoms with Gasteiger partial charge in [0.1, 0.15) is 23.4 Å². The van der Waals surface area contributed by atoms with Gasteiger partial charge >= 0.3 is 29.8 Å². The van der Waals surface area contributed by atoms with Crippen LogP contribution in [0.1, 0.15) is 261 Å². The molecule has 15 heteroatoms. The van der Waals surface area contributed by atoms with E-state index in [9.17, 15) is 44.4 Å². The predicted molar refractivity (Wildman–Crippen MR) is 515 cm³/mol. The van der Waals surface area contributed by atoms with Crippen LogP contribution in [-0.4, -0.2) is 56.4 Å². The van der Waals surface area contributed by atoms with Crippen LogP contribution in [0.15, 0.2) is 328 Å². The minimum Gasteiger partial charge on any atom is -0.508 e. The van der Waals surface area contributed by atoms with E-state index in [1.54, 1.807) is 0 Å². The summed E-state index contributed by atoms with van der Waals surface area (Å²) < 4.78 is 35.9. The van der Waals surface area contributed by atoms with E-state index >= 15 is 0 Å². The van der Waals surface area contributed by atoms with Gasteiger partial charge in [-0.2, -0.15) is 0 Å². The van der Waals surface area contributed by atoms with Gasteiger partial charge in [0.05, 0.1) is 5.56 Å². The first-order valence-electron chi connectivity index (χ1n) is 44.9. The number of fused-ring (bicyclic) bond motifs is 1. The lowest BCUT2D eigenvalue weighted by molar-refractivity contribution is -0.135. The van der Waals surface area contributed by atoms with Gasteiger partial charge in [-0.1, -0.05) is 319 Å². The number of esters is 5. The Bertz CT molecular complexity index is 4180. The van der Waals surface area contributed by atoms with E-state index in [1.165, 1.54) is 18.2 Å². The molecule has 1 aliphatic heterocycles. The molecule has 0 spiro atoms. The molecule has 4 N–H and O–H groups in total. The van der Waals surface area contributed by atoms with Crippen LogP contribution < -0.4 is 23.7 Å². The van der Waals surface area contributed by atoms with Crippen molar-refractivity contribution in [1.29, 1.82) is 0 Å². The lowest BCUT2D eigenvalue weighted by Gasteiger charge is -2.34. The summed E-state index contributed by atoms with van der Waals surface area (Å²) in [5.74, 6) is -8.29. The van der Waals surface area contributed by atoms with Gasteiger partial charge in [-0.3, -0.25) is 19.2 Å². The van der Waals surface area contributed by atoms with E-state index in [0.29, 0.717) is 25.7 Å². The number of carbonyl (C=O) groups is 5. The highest BCUT2D eigenvalue weighted by Crippen LogP contribution is 2.47. The Morgan fingerprint density at radius 2 is 0.512 bits per heavy atom. The first-order valence-corrected chi connectivity index (χ1v) is 44.9. The molecule has 0 radical (unpaired) electrons. The summed E-state index contributed by atoms with van der Waals surface area (Å²) in [7, 11) is 0. The molecule has 0 amide bonds. The molecule has 668 valence electrons. The Balaban J connectivity index is 1.59. The zero-order valence-electron chi connectivity index (χ0n) is 74.4. The van der Waals surface area contributed by atoms with Gasteiger partial charge in [0.15, 0.2) is 29.1 Å². The molecule has 0 saturated heterocycles. The standard InChI is InChI=1S/C110H138O15/c1-5-9-13-17-21-25-29-33-37-41-45-49-53-57-61-65-69-73-77-81-103(113)120-98-85-92(86-99(107(98)117)121-104(114)82-78-74-70-66-62-58-54-50-46-42-38-34-30-26-22-18-14-10-6-2)109-102(91-95-96(112)89-94(111)90-97(95)124-109)125-110(119)93-87-100(122-105(115)83-79-75-71-67-63-59-55-51-47-43-39-35-31-27-23-19-15-11-7-3)108(118)101(88-93)123-106(116)84-80-76-72-68-64-60-56-52-48-44-40-36-32-28-24-20-16-12-8-4/h9-16,21-28,33-40,45-52,57-64,69-76,85-90,102,109,111-112,117-118H,5-8,17-20,29-32,41-44,53-56,65-68,77-84,91H2,1-4H3/b13-9+,14-10+,15-11+,16-12+,25-21+,26-22+,27-23+,28-24+,37-33+,38-34+,39-35+,40-36+,49-45+,50-46+,51-47+,52-48+,61-57+,62-58+,63-59+,64-60+,73-69+,74-70+,75-71+,76-72+/t102-,109-/m1/s1. The quantitative estimate of drug-likeness (QED) is 0.0234. The SMILES string of the molecule is CC/C=C/C/C=C/C/C=C/C/C=C/C/C=C/C/C=C/CCC(=O)Oc1cc(C(=O)O[C@@H]2Cc3c(O)cc(O)cc3O[C@@H]2c2cc(OC(=O)CC/C=C/C/C=C/C/C=C/C/C=C/C/C=C/C/C=C/CC)c(O)c(OC(=O)CC/C=C/C/C=C/C/C=C/C/C=C/C/C=C/C/C=C/CC)c2)cc(OC(=O)CC/C=C/C/C=C/C/C=C/C/C=C/C/C=C/C/C=C/CC)c1O. The molecule has 0 bridgehead atoms. The molecule has 3 aromatic rings. The second kappa shape index (κ2) is 72.3. The number of benzene rings is 3. The fraction of sp³-hybridized carbons (Fsp3) is 0.355. The number of aromatic hydroxyl groups is 4. The van der Waals surface area contributed by atoms with E-state index < -0.39 is 82.3 Å². The van der Waals surface area contributed by atoms with Crippen molar-refractivity contribution in [3.63, 3.8) is 0 Å². The molecule has 15 nitrogen and oxygen atoms in total. The maximum Gasteiger partial charge on any atom is 0.338 e. The van der Waals surface area contributed by atoms with Crippen LogP contribution in [0, 0.1) is 0 Å². The van der Waals surface area contributed by atoms with E-state index in [2.05, 4.69) is 246 Å². The van der Waals surface area contributed by atoms with Gasteiger partial charge in [-0.05, 0) is 204 Å². The molecule has 2 atom stereocenters. The average molecular weight is 1700 g/mol. The van der Waals surface area contributed by atoms with Crippen molar-refractivity contribution in [2.45, 2.75) is 252 Å². The van der Waals surface area contributed by atoms with Gasteiger partial charge in [0, 0.05) is 55.4 Å². The Labute approximate surface area is 746 Å². The van der Waals surface area contributed by atoms with E-state index in [4.69, 9.17) is 28.4 Å². The zero-order valence-corrected chi connectivity index (χ0v) is 74.4. The van der Waals surface area contributed by atoms with Crippen molar-refractivity contribution in [2.75, 3.05) is 0 Å². The van der Waals surface area contributed by atoms with Gasteiger partial charge in [-0.15, -0.1) is 0 Å².